The van der Waals surface area contributed by atoms with Crippen molar-refractivity contribution in [2.75, 3.05) is 0 Å². The molecule has 3 aromatic heterocycles. The number of carboxylic acids is 1. The van der Waals surface area contributed by atoms with Gasteiger partial charge in [-0.15, -0.1) is 0 Å². The Morgan fingerprint density at radius 1 is 1.19 bits per heavy atom. The van der Waals surface area contributed by atoms with Crippen LogP contribution in [0, 0.1) is 11.3 Å². The number of hydrogen-bond acceptors (Lipinski definition) is 8. The van der Waals surface area contributed by atoms with Crippen molar-refractivity contribution in [3.05, 3.63) is 41.1 Å². The minimum atomic E-state index is -4.82. The van der Waals surface area contributed by atoms with Crippen LogP contribution in [0.25, 0.3) is 5.65 Å². The number of carbonyl (C=O) groups is 3. The molecule has 3 N–H and O–H groups in total. The maximum absolute atomic E-state index is 14.0. The van der Waals surface area contributed by atoms with Gasteiger partial charge < -0.3 is 15.7 Å². The lowest BCUT2D eigenvalue weighted by Gasteiger charge is -2.33. The van der Waals surface area contributed by atoms with Crippen molar-refractivity contribution in [1.29, 1.82) is 0 Å². The van der Waals surface area contributed by atoms with E-state index in [4.69, 9.17) is 4.63 Å². The topological polar surface area (TPSA) is 165 Å². The predicted octanol–water partition coefficient (Wildman–Crippen LogP) is 3.35. The molecule has 43 heavy (non-hydrogen) atoms. The van der Waals surface area contributed by atoms with Crippen LogP contribution in [0.15, 0.2) is 23.1 Å². The highest BCUT2D eigenvalue weighted by Gasteiger charge is 2.59. The van der Waals surface area contributed by atoms with Gasteiger partial charge in [0, 0.05) is 25.2 Å². The summed E-state index contributed by atoms with van der Waals surface area (Å²) in [6.07, 6.45) is -2.60. The summed E-state index contributed by atoms with van der Waals surface area (Å²) in [5.74, 6) is -6.76. The Morgan fingerprint density at radius 3 is 2.53 bits per heavy atom. The molecular weight excluding hydrogens is 585 g/mol. The summed E-state index contributed by atoms with van der Waals surface area (Å²) in [6.45, 7) is 0. The first-order valence-electron chi connectivity index (χ1n) is 13.7. The molecule has 6 rings (SSSR count). The molecule has 4 heterocycles. The van der Waals surface area contributed by atoms with E-state index in [0.29, 0.717) is 5.69 Å². The number of aromatic nitrogens is 5. The summed E-state index contributed by atoms with van der Waals surface area (Å²) in [7, 11) is 0. The first-order chi connectivity index (χ1) is 20.3. The second-order valence-corrected chi connectivity index (χ2v) is 11.6. The van der Waals surface area contributed by atoms with Crippen LogP contribution in [0.1, 0.15) is 84.3 Å². The number of halogens is 5. The second-order valence-electron chi connectivity index (χ2n) is 11.6. The minimum absolute atomic E-state index is 0.00350. The van der Waals surface area contributed by atoms with Crippen LogP contribution >= 0.6 is 0 Å². The lowest BCUT2D eigenvalue weighted by molar-refractivity contribution is -0.158. The Kier molecular flexibility index (Phi) is 6.87. The van der Waals surface area contributed by atoms with E-state index in [2.05, 4.69) is 25.7 Å². The van der Waals surface area contributed by atoms with Gasteiger partial charge in [0.25, 0.3) is 5.91 Å². The zero-order valence-electron chi connectivity index (χ0n) is 22.4. The Morgan fingerprint density at radius 2 is 1.91 bits per heavy atom. The van der Waals surface area contributed by atoms with Crippen molar-refractivity contribution in [1.82, 2.24) is 35.5 Å². The Hall–Kier alpha value is -4.18. The molecule has 0 bridgehead atoms. The molecule has 0 spiro atoms. The number of imidazole rings is 1. The number of amides is 2. The van der Waals surface area contributed by atoms with E-state index in [-0.39, 0.29) is 54.2 Å². The average molecular weight is 612 g/mol. The van der Waals surface area contributed by atoms with Gasteiger partial charge in [-0.2, -0.15) is 18.3 Å². The summed E-state index contributed by atoms with van der Waals surface area (Å²) in [6, 6.07) is -1.76. The van der Waals surface area contributed by atoms with Crippen molar-refractivity contribution >= 4 is 23.4 Å². The fourth-order valence-corrected chi connectivity index (χ4v) is 5.94. The van der Waals surface area contributed by atoms with Gasteiger partial charge in [-0.1, -0.05) is 5.16 Å². The van der Waals surface area contributed by atoms with Gasteiger partial charge >= 0.3 is 12.1 Å². The largest absolute Gasteiger partial charge is 0.480 e. The molecule has 3 atom stereocenters. The summed E-state index contributed by atoms with van der Waals surface area (Å²) < 4.78 is 73.9. The van der Waals surface area contributed by atoms with Crippen LogP contribution in [0.2, 0.25) is 0 Å². The molecule has 0 radical (unpaired) electrons. The number of rotatable bonds is 8. The first kappa shape index (κ1) is 28.9. The summed E-state index contributed by atoms with van der Waals surface area (Å²) in [5, 5.41) is 26.1. The number of alkyl halides is 5. The third-order valence-electron chi connectivity index (χ3n) is 8.53. The molecule has 2 saturated carbocycles. The zero-order chi connectivity index (χ0) is 30.7. The zero-order valence-corrected chi connectivity index (χ0v) is 22.4. The first-order valence-corrected chi connectivity index (χ1v) is 13.7. The van der Waals surface area contributed by atoms with Crippen molar-refractivity contribution < 1.29 is 46.1 Å². The van der Waals surface area contributed by atoms with Crippen LogP contribution < -0.4 is 10.6 Å². The van der Waals surface area contributed by atoms with Gasteiger partial charge in [-0.25, -0.2) is 22.9 Å². The number of hydrogen-bond donors (Lipinski definition) is 3. The van der Waals surface area contributed by atoms with E-state index in [1.54, 1.807) is 5.32 Å². The molecule has 12 nitrogen and oxygen atoms in total. The monoisotopic (exact) mass is 611 g/mol. The molecule has 0 unspecified atom stereocenters. The number of carboxylic acid groups (broad SMARTS) is 1. The van der Waals surface area contributed by atoms with E-state index < -0.39 is 66.1 Å². The van der Waals surface area contributed by atoms with E-state index >= 15 is 0 Å². The molecule has 3 aromatic rings. The Bertz CT molecular complexity index is 1580. The van der Waals surface area contributed by atoms with E-state index in [1.165, 1.54) is 23.0 Å². The molecule has 1 aliphatic heterocycles. The number of nitrogens with one attached hydrogen (secondary N) is 2. The van der Waals surface area contributed by atoms with Gasteiger partial charge in [0.05, 0.1) is 24.1 Å². The highest BCUT2D eigenvalue weighted by atomic mass is 19.4. The number of aliphatic carboxylic acids is 1. The molecule has 230 valence electrons. The van der Waals surface area contributed by atoms with Crippen molar-refractivity contribution in [2.24, 2.45) is 11.3 Å². The maximum atomic E-state index is 14.0. The highest BCUT2D eigenvalue weighted by Crippen LogP contribution is 2.43. The fourth-order valence-electron chi connectivity index (χ4n) is 5.94. The second kappa shape index (κ2) is 10.2. The maximum Gasteiger partial charge on any atom is 0.408 e. The molecule has 2 aliphatic carbocycles. The van der Waals surface area contributed by atoms with Gasteiger partial charge in [-0.05, 0) is 54.8 Å². The molecule has 17 heteroatoms. The van der Waals surface area contributed by atoms with Gasteiger partial charge in [0.2, 0.25) is 11.8 Å². The number of nitrogens with zero attached hydrogens (tertiary/aromatic N) is 5. The molecule has 0 aromatic carbocycles. The summed E-state index contributed by atoms with van der Waals surface area (Å²) in [4.78, 5) is 42.4. The molecule has 1 saturated heterocycles. The van der Waals surface area contributed by atoms with Crippen LogP contribution in [0.3, 0.4) is 0 Å². The predicted molar refractivity (Wildman–Crippen MR) is 133 cm³/mol. The van der Waals surface area contributed by atoms with Crippen LogP contribution in [-0.2, 0) is 16.0 Å². The van der Waals surface area contributed by atoms with Gasteiger partial charge in [0.1, 0.15) is 11.7 Å². The average Bonchev–Trinajstić information content (AvgIpc) is 3.34. The van der Waals surface area contributed by atoms with E-state index in [1.807, 2.05) is 0 Å². The summed E-state index contributed by atoms with van der Waals surface area (Å²) in [5.41, 5.74) is -1.37. The van der Waals surface area contributed by atoms with Crippen molar-refractivity contribution in [2.45, 2.75) is 81.5 Å². The van der Waals surface area contributed by atoms with Gasteiger partial charge in [-0.3, -0.25) is 14.4 Å². The van der Waals surface area contributed by atoms with Crippen LogP contribution in [0.4, 0.5) is 22.0 Å². The van der Waals surface area contributed by atoms with Crippen molar-refractivity contribution in [3.63, 3.8) is 0 Å². The quantitative estimate of drug-likeness (QED) is 0.256. The standard InChI is InChI=1S/C26H26F5N7O5/c27-25(28)5-3-14(4-6-25)18(35-21(39)20-19(13-1-2-13)36-43-37-20)15-11-38-17(33-15)7-12(10-32-38)8-24(23(41)42)9-16(26(29,30)31)34-22(24)40/h7,10-11,13-14,16,18H,1-6,8-9H2,(H,34,40)(H,35,39)(H,41,42)/t16-,18-,24+/m0/s1. The summed E-state index contributed by atoms with van der Waals surface area (Å²) >= 11 is 0. The molecule has 3 fully saturated rings. The smallest absolute Gasteiger partial charge is 0.408 e. The minimum Gasteiger partial charge on any atom is -0.480 e. The van der Waals surface area contributed by atoms with Crippen LogP contribution in [-0.4, -0.2) is 65.9 Å². The molecule has 3 aliphatic rings. The lowest BCUT2D eigenvalue weighted by Crippen LogP contribution is -2.41. The van der Waals surface area contributed by atoms with E-state index in [0.717, 1.165) is 12.8 Å². The fraction of sp³-hybridized carbons (Fsp3) is 0.577. The number of carbonyl (C=O) groups excluding carboxylic acids is 2. The number of fused-ring (bicyclic) bond motifs is 1. The Labute approximate surface area is 239 Å². The third-order valence-corrected chi connectivity index (χ3v) is 8.53. The van der Waals surface area contributed by atoms with Gasteiger partial charge in [0.15, 0.2) is 16.8 Å². The Balaban J connectivity index is 1.29. The highest BCUT2D eigenvalue weighted by molar-refractivity contribution is 6.04. The molecule has 2 amide bonds. The van der Waals surface area contributed by atoms with E-state index in [9.17, 15) is 41.4 Å². The third kappa shape index (κ3) is 5.51. The normalized spacial score (nSPS) is 25.0. The molecular formula is C26H26F5N7O5. The van der Waals surface area contributed by atoms with Crippen molar-refractivity contribution in [3.8, 4) is 0 Å². The SMILES string of the molecule is O=C(N[C@H](c1cn2ncc(C[C@@]3(C(=O)O)C[C@@H](C(F)(F)F)NC3=O)cc2n1)C1CCC(F)(F)CC1)c1nonc1C1CC1. The lowest BCUT2D eigenvalue weighted by atomic mass is 9.79. The van der Waals surface area contributed by atoms with Crippen LogP contribution in [0.5, 0.6) is 0 Å².